The van der Waals surface area contributed by atoms with Gasteiger partial charge in [-0.05, 0) is 49.0 Å². The monoisotopic (exact) mass is 301 g/mol. The van der Waals surface area contributed by atoms with Gasteiger partial charge in [-0.2, -0.15) is 0 Å². The average Bonchev–Trinajstić information content (AvgIpc) is 2.21. The molecular weight excluding hydrogens is 281 g/mol. The van der Waals surface area contributed by atoms with Crippen molar-refractivity contribution in [2.45, 2.75) is 27.2 Å². The number of rotatable bonds is 6. The molecule has 17 heavy (non-hydrogen) atoms. The molecular formula is C14H21BrFN. The van der Waals surface area contributed by atoms with Crippen LogP contribution in [0.25, 0.3) is 0 Å². The molecule has 1 nitrogen and oxygen atoms in total. The number of halogens is 2. The molecule has 1 aromatic rings. The predicted molar refractivity (Wildman–Crippen MR) is 74.7 cm³/mol. The van der Waals surface area contributed by atoms with E-state index in [1.807, 2.05) is 6.07 Å². The first-order chi connectivity index (χ1) is 7.99. The van der Waals surface area contributed by atoms with Crippen LogP contribution in [0.15, 0.2) is 22.7 Å². The van der Waals surface area contributed by atoms with Crippen LogP contribution in [0.1, 0.15) is 26.3 Å². The van der Waals surface area contributed by atoms with Crippen LogP contribution >= 0.6 is 15.9 Å². The van der Waals surface area contributed by atoms with E-state index in [9.17, 15) is 4.39 Å². The minimum Gasteiger partial charge on any atom is -0.316 e. The topological polar surface area (TPSA) is 12.0 Å². The lowest BCUT2D eigenvalue weighted by Crippen LogP contribution is -2.26. The third-order valence-corrected chi connectivity index (χ3v) is 3.37. The van der Waals surface area contributed by atoms with Crippen LogP contribution in [0.5, 0.6) is 0 Å². The van der Waals surface area contributed by atoms with Crippen molar-refractivity contribution >= 4 is 15.9 Å². The van der Waals surface area contributed by atoms with Gasteiger partial charge in [0.05, 0.1) is 0 Å². The van der Waals surface area contributed by atoms with Crippen molar-refractivity contribution in [2.24, 2.45) is 11.8 Å². The summed E-state index contributed by atoms with van der Waals surface area (Å²) in [5, 5.41) is 3.45. The number of hydrogen-bond donors (Lipinski definition) is 1. The summed E-state index contributed by atoms with van der Waals surface area (Å²) in [5.74, 6) is 1.04. The molecule has 1 atom stereocenters. The minimum absolute atomic E-state index is 0.189. The van der Waals surface area contributed by atoms with E-state index in [1.165, 1.54) is 17.7 Å². The number of benzene rings is 1. The predicted octanol–water partition coefficient (Wildman–Crippen LogP) is 4.01. The maximum atomic E-state index is 12.9. The molecule has 0 saturated heterocycles. The fourth-order valence-electron chi connectivity index (χ4n) is 1.75. The third-order valence-electron chi connectivity index (χ3n) is 2.63. The van der Waals surface area contributed by atoms with Crippen molar-refractivity contribution in [2.75, 3.05) is 13.1 Å². The van der Waals surface area contributed by atoms with Gasteiger partial charge in [0.2, 0.25) is 0 Å². The van der Waals surface area contributed by atoms with E-state index in [4.69, 9.17) is 0 Å². The summed E-state index contributed by atoms with van der Waals surface area (Å²) in [6.45, 7) is 8.67. The molecule has 1 unspecified atom stereocenters. The Bertz CT molecular complexity index is 352. The van der Waals surface area contributed by atoms with E-state index >= 15 is 0 Å². The maximum Gasteiger partial charge on any atom is 0.124 e. The summed E-state index contributed by atoms with van der Waals surface area (Å²) >= 11 is 3.41. The molecule has 0 fully saturated rings. The van der Waals surface area contributed by atoms with Crippen LogP contribution in [0.2, 0.25) is 0 Å². The highest BCUT2D eigenvalue weighted by Crippen LogP contribution is 2.20. The van der Waals surface area contributed by atoms with E-state index < -0.39 is 0 Å². The molecule has 0 saturated carbocycles. The minimum atomic E-state index is -0.189. The molecule has 1 N–H and O–H groups in total. The van der Waals surface area contributed by atoms with Gasteiger partial charge in [0.1, 0.15) is 5.82 Å². The second kappa shape index (κ2) is 7.12. The van der Waals surface area contributed by atoms with Gasteiger partial charge in [-0.3, -0.25) is 0 Å². The molecule has 1 aromatic carbocycles. The molecule has 0 heterocycles. The van der Waals surface area contributed by atoms with E-state index in [-0.39, 0.29) is 5.82 Å². The van der Waals surface area contributed by atoms with Crippen molar-refractivity contribution in [3.8, 4) is 0 Å². The fraction of sp³-hybridized carbons (Fsp3) is 0.571. The second-order valence-corrected chi connectivity index (χ2v) is 5.95. The van der Waals surface area contributed by atoms with Gasteiger partial charge in [-0.15, -0.1) is 0 Å². The molecule has 0 amide bonds. The Labute approximate surface area is 112 Å². The first-order valence-corrected chi connectivity index (χ1v) is 6.93. The van der Waals surface area contributed by atoms with Crippen LogP contribution < -0.4 is 5.32 Å². The van der Waals surface area contributed by atoms with Gasteiger partial charge in [-0.1, -0.05) is 42.8 Å². The van der Waals surface area contributed by atoms with Crippen LogP contribution in [0.4, 0.5) is 4.39 Å². The molecule has 1 rings (SSSR count). The lowest BCUT2D eigenvalue weighted by molar-refractivity contribution is 0.473. The molecule has 0 bridgehead atoms. The number of hydrogen-bond acceptors (Lipinski definition) is 1. The molecule has 0 radical (unpaired) electrons. The summed E-state index contributed by atoms with van der Waals surface area (Å²) in [6, 6.07) is 4.91. The quantitative estimate of drug-likeness (QED) is 0.837. The first kappa shape index (κ1) is 14.7. The zero-order valence-corrected chi connectivity index (χ0v) is 12.3. The van der Waals surface area contributed by atoms with Gasteiger partial charge in [0.15, 0.2) is 0 Å². The molecule has 96 valence electrons. The maximum absolute atomic E-state index is 12.9. The zero-order valence-electron chi connectivity index (χ0n) is 10.8. The van der Waals surface area contributed by atoms with E-state index in [2.05, 4.69) is 42.0 Å². The Morgan fingerprint density at radius 3 is 2.53 bits per heavy atom. The van der Waals surface area contributed by atoms with Gasteiger partial charge in [0.25, 0.3) is 0 Å². The van der Waals surface area contributed by atoms with Gasteiger partial charge >= 0.3 is 0 Å². The molecule has 0 aliphatic carbocycles. The SMILES string of the molecule is CC(C)CNCC(C)Cc1ccc(F)cc1Br. The van der Waals surface area contributed by atoms with Crippen molar-refractivity contribution in [3.05, 3.63) is 34.1 Å². The Kier molecular flexibility index (Phi) is 6.14. The van der Waals surface area contributed by atoms with Crippen LogP contribution in [-0.4, -0.2) is 13.1 Å². The smallest absolute Gasteiger partial charge is 0.124 e. The van der Waals surface area contributed by atoms with Gasteiger partial charge in [-0.25, -0.2) is 4.39 Å². The lowest BCUT2D eigenvalue weighted by atomic mass is 10.0. The summed E-state index contributed by atoms with van der Waals surface area (Å²) in [5.41, 5.74) is 1.17. The Morgan fingerprint density at radius 1 is 1.24 bits per heavy atom. The largest absolute Gasteiger partial charge is 0.316 e. The highest BCUT2D eigenvalue weighted by atomic mass is 79.9. The second-order valence-electron chi connectivity index (χ2n) is 5.10. The summed E-state index contributed by atoms with van der Waals surface area (Å²) in [4.78, 5) is 0. The summed E-state index contributed by atoms with van der Waals surface area (Å²) in [6.07, 6.45) is 0.964. The van der Waals surface area contributed by atoms with Crippen molar-refractivity contribution in [3.63, 3.8) is 0 Å². The first-order valence-electron chi connectivity index (χ1n) is 6.13. The highest BCUT2D eigenvalue weighted by Gasteiger charge is 2.07. The molecule has 0 aromatic heterocycles. The molecule has 0 spiro atoms. The van der Waals surface area contributed by atoms with Gasteiger partial charge < -0.3 is 5.32 Å². The van der Waals surface area contributed by atoms with Crippen molar-refractivity contribution < 1.29 is 4.39 Å². The Balaban J connectivity index is 2.42. The Morgan fingerprint density at radius 2 is 1.94 bits per heavy atom. The van der Waals surface area contributed by atoms with Crippen LogP contribution in [0.3, 0.4) is 0 Å². The van der Waals surface area contributed by atoms with E-state index in [0.717, 1.165) is 24.0 Å². The number of nitrogens with one attached hydrogen (secondary N) is 1. The highest BCUT2D eigenvalue weighted by molar-refractivity contribution is 9.10. The third kappa shape index (κ3) is 5.64. The summed E-state index contributed by atoms with van der Waals surface area (Å²) < 4.78 is 13.8. The van der Waals surface area contributed by atoms with Gasteiger partial charge in [0, 0.05) is 4.47 Å². The molecule has 0 aliphatic heterocycles. The van der Waals surface area contributed by atoms with Crippen molar-refractivity contribution in [1.29, 1.82) is 0 Å². The van der Waals surface area contributed by atoms with E-state index in [1.54, 1.807) is 0 Å². The normalized spacial score (nSPS) is 13.1. The standard InChI is InChI=1S/C14H21BrFN/c1-10(2)8-17-9-11(3)6-12-4-5-13(16)7-14(12)15/h4-5,7,10-11,17H,6,8-9H2,1-3H3. The average molecular weight is 302 g/mol. The fourth-order valence-corrected chi connectivity index (χ4v) is 2.27. The van der Waals surface area contributed by atoms with Crippen LogP contribution in [-0.2, 0) is 6.42 Å². The lowest BCUT2D eigenvalue weighted by Gasteiger charge is -2.15. The molecule has 3 heteroatoms. The van der Waals surface area contributed by atoms with Crippen LogP contribution in [0, 0.1) is 17.7 Å². The van der Waals surface area contributed by atoms with Crippen molar-refractivity contribution in [1.82, 2.24) is 5.32 Å². The summed E-state index contributed by atoms with van der Waals surface area (Å²) in [7, 11) is 0. The zero-order chi connectivity index (χ0) is 12.8. The molecule has 0 aliphatic rings. The Hall–Kier alpha value is -0.410. The van der Waals surface area contributed by atoms with E-state index in [0.29, 0.717) is 11.8 Å².